The first kappa shape index (κ1) is 20.3. The number of rotatable bonds is 9. The highest BCUT2D eigenvalue weighted by molar-refractivity contribution is 5.84. The molecule has 0 radical (unpaired) electrons. The Labute approximate surface area is 146 Å². The smallest absolute Gasteiger partial charge is 0.331 e. The summed E-state index contributed by atoms with van der Waals surface area (Å²) in [4.78, 5) is 23.3. The van der Waals surface area contributed by atoms with Crippen molar-refractivity contribution >= 4 is 11.9 Å². The maximum atomic E-state index is 11.8. The lowest BCUT2D eigenvalue weighted by Crippen LogP contribution is -2.48. The minimum Gasteiger partial charge on any atom is -0.493 e. The first-order valence-electron chi connectivity index (χ1n) is 7.69. The Morgan fingerprint density at radius 3 is 2.60 bits per heavy atom. The molecule has 0 saturated heterocycles. The Balaban J connectivity index is 2.46. The van der Waals surface area contributed by atoms with Gasteiger partial charge in [-0.15, -0.1) is 0 Å². The summed E-state index contributed by atoms with van der Waals surface area (Å²) in [5, 5.41) is 20.8. The van der Waals surface area contributed by atoms with Crippen LogP contribution in [-0.2, 0) is 14.3 Å². The standard InChI is InChI=1S/C17H22N2O6/c1-11(20)16(17(22)24-3)19-15(21)5-4-8-25-13-7-6-12(10-18)9-14(13)23-2/h6-7,9,11,16,20H,4-5,8H2,1-3H3,(H,19,21)/t11-,16-/m0/s1. The van der Waals surface area contributed by atoms with Gasteiger partial charge in [0.25, 0.3) is 0 Å². The van der Waals surface area contributed by atoms with Gasteiger partial charge in [-0.25, -0.2) is 4.79 Å². The molecule has 8 nitrogen and oxygen atoms in total. The highest BCUT2D eigenvalue weighted by Gasteiger charge is 2.26. The maximum absolute atomic E-state index is 11.8. The summed E-state index contributed by atoms with van der Waals surface area (Å²) in [6.45, 7) is 1.63. The van der Waals surface area contributed by atoms with Gasteiger partial charge in [0, 0.05) is 12.5 Å². The molecule has 25 heavy (non-hydrogen) atoms. The number of amides is 1. The quantitative estimate of drug-likeness (QED) is 0.499. The molecule has 136 valence electrons. The first-order chi connectivity index (χ1) is 11.9. The predicted octanol–water partition coefficient (Wildman–Crippen LogP) is 0.764. The molecule has 0 spiro atoms. The van der Waals surface area contributed by atoms with Crippen molar-refractivity contribution in [2.24, 2.45) is 0 Å². The summed E-state index contributed by atoms with van der Waals surface area (Å²) in [5.41, 5.74) is 0.454. The fourth-order valence-electron chi connectivity index (χ4n) is 2.02. The van der Waals surface area contributed by atoms with Crippen LogP contribution in [0.25, 0.3) is 0 Å². The molecular formula is C17H22N2O6. The Hall–Kier alpha value is -2.79. The van der Waals surface area contributed by atoms with Crippen LogP contribution in [0.5, 0.6) is 11.5 Å². The molecule has 0 unspecified atom stereocenters. The van der Waals surface area contributed by atoms with Crippen LogP contribution in [0.1, 0.15) is 25.3 Å². The summed E-state index contributed by atoms with van der Waals surface area (Å²) in [6, 6.07) is 5.70. The number of nitrogens with zero attached hydrogens (tertiary/aromatic N) is 1. The number of carbonyl (C=O) groups excluding carboxylic acids is 2. The number of nitriles is 1. The molecule has 0 aliphatic carbocycles. The van der Waals surface area contributed by atoms with E-state index >= 15 is 0 Å². The van der Waals surface area contributed by atoms with Crippen molar-refractivity contribution < 1.29 is 28.9 Å². The number of carbonyl (C=O) groups is 2. The van der Waals surface area contributed by atoms with Crippen molar-refractivity contribution in [3.63, 3.8) is 0 Å². The lowest BCUT2D eigenvalue weighted by molar-refractivity contribution is -0.148. The van der Waals surface area contributed by atoms with E-state index in [1.165, 1.54) is 21.1 Å². The van der Waals surface area contributed by atoms with E-state index in [4.69, 9.17) is 14.7 Å². The van der Waals surface area contributed by atoms with Crippen LogP contribution in [-0.4, -0.2) is 50.0 Å². The molecule has 0 heterocycles. The van der Waals surface area contributed by atoms with Gasteiger partial charge in [0.15, 0.2) is 17.5 Å². The lowest BCUT2D eigenvalue weighted by atomic mass is 10.1. The number of aliphatic hydroxyl groups is 1. The molecular weight excluding hydrogens is 328 g/mol. The molecule has 1 aromatic carbocycles. The molecule has 0 bridgehead atoms. The van der Waals surface area contributed by atoms with Crippen LogP contribution in [0.2, 0.25) is 0 Å². The zero-order valence-corrected chi connectivity index (χ0v) is 14.4. The van der Waals surface area contributed by atoms with Gasteiger partial charge in [-0.05, 0) is 25.5 Å². The molecule has 1 rings (SSSR count). The number of benzene rings is 1. The number of hydrogen-bond acceptors (Lipinski definition) is 7. The van der Waals surface area contributed by atoms with Crippen LogP contribution < -0.4 is 14.8 Å². The van der Waals surface area contributed by atoms with Crippen LogP contribution in [0.4, 0.5) is 0 Å². The summed E-state index contributed by atoms with van der Waals surface area (Å²) >= 11 is 0. The van der Waals surface area contributed by atoms with E-state index in [1.54, 1.807) is 18.2 Å². The van der Waals surface area contributed by atoms with Crippen molar-refractivity contribution in [1.82, 2.24) is 5.32 Å². The van der Waals surface area contributed by atoms with Gasteiger partial charge in [0.1, 0.15) is 0 Å². The summed E-state index contributed by atoms with van der Waals surface area (Å²) in [7, 11) is 2.66. The number of aliphatic hydroxyl groups excluding tert-OH is 1. The molecule has 2 N–H and O–H groups in total. The second kappa shape index (κ2) is 10.2. The maximum Gasteiger partial charge on any atom is 0.331 e. The Morgan fingerprint density at radius 1 is 1.32 bits per heavy atom. The topological polar surface area (TPSA) is 118 Å². The van der Waals surface area contributed by atoms with E-state index in [0.717, 1.165) is 0 Å². The summed E-state index contributed by atoms with van der Waals surface area (Å²) < 4.78 is 15.2. The first-order valence-corrected chi connectivity index (χ1v) is 7.69. The van der Waals surface area contributed by atoms with E-state index in [-0.39, 0.29) is 13.0 Å². The highest BCUT2D eigenvalue weighted by Crippen LogP contribution is 2.27. The number of esters is 1. The van der Waals surface area contributed by atoms with Crippen LogP contribution in [0.3, 0.4) is 0 Å². The third-order valence-corrected chi connectivity index (χ3v) is 3.35. The number of nitrogens with one attached hydrogen (secondary N) is 1. The van der Waals surface area contributed by atoms with Gasteiger partial charge in [0.05, 0.1) is 38.6 Å². The average molecular weight is 350 g/mol. The average Bonchev–Trinajstić information content (AvgIpc) is 2.62. The van der Waals surface area contributed by atoms with Crippen molar-refractivity contribution in [1.29, 1.82) is 5.26 Å². The molecule has 0 fully saturated rings. The van der Waals surface area contributed by atoms with E-state index in [0.29, 0.717) is 23.5 Å². The largest absolute Gasteiger partial charge is 0.493 e. The van der Waals surface area contributed by atoms with Gasteiger partial charge >= 0.3 is 5.97 Å². The highest BCUT2D eigenvalue weighted by atomic mass is 16.5. The van der Waals surface area contributed by atoms with Crippen LogP contribution in [0, 0.1) is 11.3 Å². The predicted molar refractivity (Wildman–Crippen MR) is 88.1 cm³/mol. The molecule has 0 aromatic heterocycles. The molecule has 0 aliphatic heterocycles. The molecule has 8 heteroatoms. The SMILES string of the molecule is COC(=O)[C@@H](NC(=O)CCCOc1ccc(C#N)cc1OC)[C@H](C)O. The fraction of sp³-hybridized carbons (Fsp3) is 0.471. The van der Waals surface area contributed by atoms with Crippen molar-refractivity contribution in [3.05, 3.63) is 23.8 Å². The van der Waals surface area contributed by atoms with E-state index in [9.17, 15) is 14.7 Å². The number of hydrogen-bond donors (Lipinski definition) is 2. The fourth-order valence-corrected chi connectivity index (χ4v) is 2.02. The van der Waals surface area contributed by atoms with Gasteiger partial charge in [-0.1, -0.05) is 0 Å². The zero-order valence-electron chi connectivity index (χ0n) is 14.4. The molecule has 0 aliphatic rings. The second-order valence-corrected chi connectivity index (χ2v) is 5.24. The molecule has 0 saturated carbocycles. The number of methoxy groups -OCH3 is 2. The lowest BCUT2D eigenvalue weighted by Gasteiger charge is -2.18. The number of ether oxygens (including phenoxy) is 3. The van der Waals surface area contributed by atoms with E-state index in [2.05, 4.69) is 10.1 Å². The second-order valence-electron chi connectivity index (χ2n) is 5.24. The molecule has 1 aromatic rings. The minimum absolute atomic E-state index is 0.110. The third-order valence-electron chi connectivity index (χ3n) is 3.35. The molecule has 1 amide bonds. The minimum atomic E-state index is -1.10. The van der Waals surface area contributed by atoms with Crippen molar-refractivity contribution in [3.8, 4) is 17.6 Å². The van der Waals surface area contributed by atoms with E-state index in [1.807, 2.05) is 6.07 Å². The van der Waals surface area contributed by atoms with Gasteiger partial charge in [0.2, 0.25) is 5.91 Å². The van der Waals surface area contributed by atoms with Crippen molar-refractivity contribution in [2.75, 3.05) is 20.8 Å². The van der Waals surface area contributed by atoms with Crippen molar-refractivity contribution in [2.45, 2.75) is 31.9 Å². The van der Waals surface area contributed by atoms with Gasteiger partial charge in [-0.3, -0.25) is 4.79 Å². The van der Waals surface area contributed by atoms with Gasteiger partial charge in [-0.2, -0.15) is 5.26 Å². The zero-order chi connectivity index (χ0) is 18.8. The van der Waals surface area contributed by atoms with E-state index < -0.39 is 24.0 Å². The summed E-state index contributed by atoms with van der Waals surface area (Å²) in [6.07, 6.45) is -0.558. The normalized spacial score (nSPS) is 12.4. The van der Waals surface area contributed by atoms with Crippen LogP contribution in [0.15, 0.2) is 18.2 Å². The monoisotopic (exact) mass is 350 g/mol. The molecule has 2 atom stereocenters. The Kier molecular flexibility index (Phi) is 8.23. The van der Waals surface area contributed by atoms with Crippen LogP contribution >= 0.6 is 0 Å². The Bertz CT molecular complexity index is 639. The Morgan fingerprint density at radius 2 is 2.04 bits per heavy atom. The third kappa shape index (κ3) is 6.31. The van der Waals surface area contributed by atoms with Gasteiger partial charge < -0.3 is 24.6 Å². The summed E-state index contributed by atoms with van der Waals surface area (Å²) in [5.74, 6) is -0.199.